The Labute approximate surface area is 214 Å². The molecule has 2 aromatic carbocycles. The molecule has 2 N–H and O–H groups in total. The van der Waals surface area contributed by atoms with Gasteiger partial charge in [0.25, 0.3) is 11.8 Å². The number of carboxylic acid groups (broad SMARTS) is 1. The minimum Gasteiger partial charge on any atom is -0.480 e. The fourth-order valence-corrected chi connectivity index (χ4v) is 5.05. The van der Waals surface area contributed by atoms with Crippen molar-refractivity contribution in [2.24, 2.45) is 0 Å². The van der Waals surface area contributed by atoms with E-state index in [9.17, 15) is 24.0 Å². The fraction of sp³-hybridized carbons (Fsp3) is 0.167. The van der Waals surface area contributed by atoms with Gasteiger partial charge in [-0.3, -0.25) is 29.0 Å². The number of hydrogen-bond acceptors (Lipinski definition) is 8. The van der Waals surface area contributed by atoms with Crippen LogP contribution in [0.4, 0.5) is 11.4 Å². The number of fused-ring (bicyclic) bond motifs is 1. The number of amides is 3. The van der Waals surface area contributed by atoms with Crippen LogP contribution in [0.1, 0.15) is 22.8 Å². The minimum atomic E-state index is -1.23. The molecule has 0 radical (unpaired) electrons. The van der Waals surface area contributed by atoms with Gasteiger partial charge in [-0.1, -0.05) is 42.2 Å². The maximum Gasteiger partial charge on any atom is 0.338 e. The number of carboxylic acids is 1. The zero-order chi connectivity index (χ0) is 26.0. The third kappa shape index (κ3) is 4.86. The van der Waals surface area contributed by atoms with Gasteiger partial charge in [0.15, 0.2) is 0 Å². The van der Waals surface area contributed by atoms with Gasteiger partial charge in [-0.2, -0.15) is 0 Å². The molecule has 12 heteroatoms. The Bertz CT molecular complexity index is 1340. The van der Waals surface area contributed by atoms with Gasteiger partial charge in [-0.15, -0.1) is 0 Å². The Morgan fingerprint density at radius 3 is 2.36 bits per heavy atom. The molecule has 184 valence electrons. The van der Waals surface area contributed by atoms with E-state index in [4.69, 9.17) is 22.1 Å². The lowest BCUT2D eigenvalue weighted by Gasteiger charge is -2.17. The number of hydrogen-bond donors (Lipinski definition) is 2. The molecule has 3 amide bonds. The summed E-state index contributed by atoms with van der Waals surface area (Å²) in [6.07, 6.45) is 0. The van der Waals surface area contributed by atoms with Crippen LogP contribution < -0.4 is 10.2 Å². The van der Waals surface area contributed by atoms with E-state index in [1.807, 2.05) is 0 Å². The van der Waals surface area contributed by atoms with Crippen molar-refractivity contribution in [3.05, 3.63) is 64.6 Å². The van der Waals surface area contributed by atoms with Crippen LogP contribution >= 0.6 is 24.0 Å². The first kappa shape index (κ1) is 25.1. The number of ether oxygens (including phenoxy) is 1. The molecule has 0 atom stereocenters. The van der Waals surface area contributed by atoms with Crippen molar-refractivity contribution in [3.63, 3.8) is 0 Å². The van der Waals surface area contributed by atoms with E-state index >= 15 is 0 Å². The number of carbonyl (C=O) groups excluding carboxylic acids is 4. The highest BCUT2D eigenvalue weighted by Gasteiger charge is 2.42. The summed E-state index contributed by atoms with van der Waals surface area (Å²) in [6, 6.07) is 12.8. The molecule has 4 rings (SSSR count). The van der Waals surface area contributed by atoms with E-state index in [1.54, 1.807) is 43.3 Å². The number of anilines is 2. The second kappa shape index (κ2) is 10.3. The summed E-state index contributed by atoms with van der Waals surface area (Å²) in [6.45, 7) is 0.994. The SMILES string of the molecule is CCOC(=O)c1ccc(NC(=O)CN2C(=O)/C(=C3/SC(=S)N(CC(=O)O)C3=O)c3ccccc32)cc1. The maximum atomic E-state index is 13.4. The first-order valence-corrected chi connectivity index (χ1v) is 11.9. The monoisotopic (exact) mass is 525 g/mol. The minimum absolute atomic E-state index is 0.0242. The van der Waals surface area contributed by atoms with Crippen molar-refractivity contribution >= 4 is 74.9 Å². The van der Waals surface area contributed by atoms with Crippen molar-refractivity contribution in [1.82, 2.24) is 4.90 Å². The van der Waals surface area contributed by atoms with Crippen molar-refractivity contribution < 1.29 is 33.8 Å². The van der Waals surface area contributed by atoms with Crippen molar-refractivity contribution in [2.75, 3.05) is 29.9 Å². The number of nitrogens with one attached hydrogen (secondary N) is 1. The van der Waals surface area contributed by atoms with Crippen molar-refractivity contribution in [3.8, 4) is 0 Å². The van der Waals surface area contributed by atoms with E-state index in [0.29, 0.717) is 22.5 Å². The van der Waals surface area contributed by atoms with Gasteiger partial charge in [0.1, 0.15) is 17.4 Å². The Balaban J connectivity index is 1.56. The number of nitrogens with zero attached hydrogens (tertiary/aromatic N) is 2. The van der Waals surface area contributed by atoms with Gasteiger partial charge in [-0.25, -0.2) is 4.79 Å². The van der Waals surface area contributed by atoms with Crippen LogP contribution in [0.5, 0.6) is 0 Å². The highest BCUT2D eigenvalue weighted by Crippen LogP contribution is 2.44. The summed E-state index contributed by atoms with van der Waals surface area (Å²) < 4.78 is 4.97. The lowest BCUT2D eigenvalue weighted by atomic mass is 10.1. The highest BCUT2D eigenvalue weighted by atomic mass is 32.2. The molecule has 2 aliphatic heterocycles. The highest BCUT2D eigenvalue weighted by molar-refractivity contribution is 8.26. The normalized spacial score (nSPS) is 16.9. The van der Waals surface area contributed by atoms with E-state index in [1.165, 1.54) is 17.0 Å². The van der Waals surface area contributed by atoms with Crippen LogP contribution in [0, 0.1) is 0 Å². The molecule has 0 spiro atoms. The molecular weight excluding hydrogens is 506 g/mol. The molecule has 2 aliphatic rings. The van der Waals surface area contributed by atoms with Crippen LogP contribution in [0.2, 0.25) is 0 Å². The summed E-state index contributed by atoms with van der Waals surface area (Å²) in [4.78, 5) is 64.2. The van der Waals surface area contributed by atoms with Gasteiger partial charge >= 0.3 is 11.9 Å². The summed E-state index contributed by atoms with van der Waals surface area (Å²) in [5.41, 5.74) is 1.72. The maximum absolute atomic E-state index is 13.4. The third-order valence-corrected chi connectivity index (χ3v) is 6.72. The molecular formula is C24H19N3O7S2. The molecule has 0 unspecified atom stereocenters. The topological polar surface area (TPSA) is 133 Å². The smallest absolute Gasteiger partial charge is 0.338 e. The van der Waals surface area contributed by atoms with Crippen LogP contribution in [-0.4, -0.2) is 63.7 Å². The van der Waals surface area contributed by atoms with Crippen molar-refractivity contribution in [2.45, 2.75) is 6.92 Å². The average molecular weight is 526 g/mol. The Kier molecular flexibility index (Phi) is 7.17. The van der Waals surface area contributed by atoms with Crippen LogP contribution in [0.3, 0.4) is 0 Å². The summed E-state index contributed by atoms with van der Waals surface area (Å²) in [5, 5.41) is 11.8. The summed E-state index contributed by atoms with van der Waals surface area (Å²) in [5.74, 6) is -3.44. The van der Waals surface area contributed by atoms with Crippen LogP contribution in [0.15, 0.2) is 53.4 Å². The molecule has 2 aromatic rings. The number of para-hydroxylation sites is 1. The predicted molar refractivity (Wildman–Crippen MR) is 136 cm³/mol. The number of rotatable bonds is 7. The first-order valence-electron chi connectivity index (χ1n) is 10.7. The number of thioether (sulfide) groups is 1. The van der Waals surface area contributed by atoms with Gasteiger partial charge < -0.3 is 15.2 Å². The lowest BCUT2D eigenvalue weighted by Crippen LogP contribution is -2.36. The fourth-order valence-electron chi connectivity index (χ4n) is 3.73. The summed E-state index contributed by atoms with van der Waals surface area (Å²) in [7, 11) is 0. The second-order valence-corrected chi connectivity index (χ2v) is 9.26. The first-order chi connectivity index (χ1) is 17.2. The molecule has 2 heterocycles. The molecule has 0 aliphatic carbocycles. The van der Waals surface area contributed by atoms with E-state index in [2.05, 4.69) is 5.32 Å². The molecule has 10 nitrogen and oxygen atoms in total. The number of esters is 1. The largest absolute Gasteiger partial charge is 0.480 e. The Morgan fingerprint density at radius 1 is 1.00 bits per heavy atom. The molecule has 1 saturated heterocycles. The third-order valence-electron chi connectivity index (χ3n) is 5.27. The van der Waals surface area contributed by atoms with E-state index in [-0.39, 0.29) is 28.0 Å². The molecule has 36 heavy (non-hydrogen) atoms. The Morgan fingerprint density at radius 2 is 1.69 bits per heavy atom. The van der Waals surface area contributed by atoms with Gasteiger partial charge in [0.05, 0.1) is 28.3 Å². The van der Waals surface area contributed by atoms with Gasteiger partial charge in [0, 0.05) is 11.3 Å². The zero-order valence-electron chi connectivity index (χ0n) is 18.8. The van der Waals surface area contributed by atoms with E-state index < -0.39 is 36.2 Å². The lowest BCUT2D eigenvalue weighted by molar-refractivity contribution is -0.140. The molecule has 0 saturated carbocycles. The molecule has 1 fully saturated rings. The Hall–Kier alpha value is -4.03. The number of thiocarbonyl (C=S) groups is 1. The number of aliphatic carboxylic acids is 1. The number of benzene rings is 2. The van der Waals surface area contributed by atoms with Gasteiger partial charge in [-0.05, 0) is 37.3 Å². The average Bonchev–Trinajstić information content (AvgIpc) is 3.26. The van der Waals surface area contributed by atoms with Gasteiger partial charge in [0.2, 0.25) is 5.91 Å². The summed E-state index contributed by atoms with van der Waals surface area (Å²) >= 11 is 6.01. The molecule has 0 aromatic heterocycles. The van der Waals surface area contributed by atoms with Crippen LogP contribution in [0.25, 0.3) is 5.57 Å². The zero-order valence-corrected chi connectivity index (χ0v) is 20.5. The standard InChI is InChI=1S/C24H19N3O7S2/c1-2-34-23(33)13-7-9-14(10-8-13)25-17(28)11-26-16-6-4-3-5-15(16)19(21(26)31)20-22(32)27(12-18(29)30)24(35)36-20/h3-10H,2,11-12H2,1H3,(H,25,28)(H,29,30)/b20-19+. The quantitative estimate of drug-likeness (QED) is 0.318. The predicted octanol–water partition coefficient (Wildman–Crippen LogP) is 2.50. The van der Waals surface area contributed by atoms with Crippen LogP contribution in [-0.2, 0) is 23.9 Å². The van der Waals surface area contributed by atoms with E-state index in [0.717, 1.165) is 16.7 Å². The molecule has 0 bridgehead atoms. The second-order valence-electron chi connectivity index (χ2n) is 7.61. The van der Waals surface area contributed by atoms with Crippen molar-refractivity contribution in [1.29, 1.82) is 0 Å². The number of carbonyl (C=O) groups is 5.